The Morgan fingerprint density at radius 1 is 1.50 bits per heavy atom. The molecule has 0 atom stereocenters. The normalized spacial score (nSPS) is 10.0. The number of hydrogen-bond donors (Lipinski definition) is 1. The lowest BCUT2D eigenvalue weighted by Gasteiger charge is -2.16. The van der Waals surface area contributed by atoms with Gasteiger partial charge in [0.05, 0.1) is 12.3 Å². The number of aliphatic hydroxyl groups is 1. The molecule has 0 aliphatic rings. The van der Waals surface area contributed by atoms with Gasteiger partial charge in [-0.15, -0.1) is 0 Å². The predicted octanol–water partition coefficient (Wildman–Crippen LogP) is 0.948. The van der Waals surface area contributed by atoms with Gasteiger partial charge in [-0.3, -0.25) is 4.98 Å². The summed E-state index contributed by atoms with van der Waals surface area (Å²) in [5, 5.41) is 8.94. The lowest BCUT2D eigenvalue weighted by atomic mass is 10.2. The van der Waals surface area contributed by atoms with Gasteiger partial charge in [0.1, 0.15) is 0 Å². The predicted molar refractivity (Wildman–Crippen MR) is 49.2 cm³/mol. The van der Waals surface area contributed by atoms with Crippen molar-refractivity contribution in [2.45, 2.75) is 13.5 Å². The molecule has 1 aromatic rings. The summed E-state index contributed by atoms with van der Waals surface area (Å²) in [6.45, 7) is 1.97. The van der Waals surface area contributed by atoms with Gasteiger partial charge in [0.15, 0.2) is 0 Å². The zero-order chi connectivity index (χ0) is 9.14. The molecule has 0 saturated heterocycles. The molecule has 3 nitrogen and oxygen atoms in total. The summed E-state index contributed by atoms with van der Waals surface area (Å²) in [4.78, 5) is 6.07. The van der Waals surface area contributed by atoms with E-state index in [2.05, 4.69) is 4.98 Å². The standard InChI is InChI=1S/C9H14N2O/c1-7-8(6-12)10-5-4-9(7)11(2)3/h4-5,12H,6H2,1-3H3. The molecule has 1 heterocycles. The van der Waals surface area contributed by atoms with Crippen LogP contribution < -0.4 is 4.90 Å². The van der Waals surface area contributed by atoms with E-state index in [0.29, 0.717) is 0 Å². The Kier molecular flexibility index (Phi) is 2.65. The smallest absolute Gasteiger partial charge is 0.0856 e. The van der Waals surface area contributed by atoms with E-state index in [-0.39, 0.29) is 6.61 Å². The van der Waals surface area contributed by atoms with Gasteiger partial charge in [-0.25, -0.2) is 0 Å². The topological polar surface area (TPSA) is 36.4 Å². The molecule has 0 bridgehead atoms. The number of rotatable bonds is 2. The molecular formula is C9H14N2O. The molecule has 12 heavy (non-hydrogen) atoms. The fourth-order valence-electron chi connectivity index (χ4n) is 1.21. The van der Waals surface area contributed by atoms with E-state index in [0.717, 1.165) is 16.9 Å². The van der Waals surface area contributed by atoms with Crippen LogP contribution in [0.3, 0.4) is 0 Å². The highest BCUT2D eigenvalue weighted by molar-refractivity contribution is 5.52. The SMILES string of the molecule is Cc1c(N(C)C)ccnc1CO. The molecule has 1 aromatic heterocycles. The second kappa shape index (κ2) is 3.54. The monoisotopic (exact) mass is 166 g/mol. The fourth-order valence-corrected chi connectivity index (χ4v) is 1.21. The number of nitrogens with zero attached hydrogens (tertiary/aromatic N) is 2. The third-order valence-corrected chi connectivity index (χ3v) is 1.91. The summed E-state index contributed by atoms with van der Waals surface area (Å²) in [6, 6.07) is 1.94. The van der Waals surface area contributed by atoms with Gasteiger partial charge in [0, 0.05) is 26.0 Å². The Labute approximate surface area is 72.7 Å². The highest BCUT2D eigenvalue weighted by Gasteiger charge is 2.04. The second-order valence-electron chi connectivity index (χ2n) is 2.95. The van der Waals surface area contributed by atoms with Crippen molar-refractivity contribution >= 4 is 5.69 Å². The molecule has 1 rings (SSSR count). The number of aromatic nitrogens is 1. The Balaban J connectivity index is 3.14. The molecule has 0 radical (unpaired) electrons. The molecule has 0 spiro atoms. The van der Waals surface area contributed by atoms with Gasteiger partial charge >= 0.3 is 0 Å². The summed E-state index contributed by atoms with van der Waals surface area (Å²) in [6.07, 6.45) is 1.72. The Morgan fingerprint density at radius 2 is 2.17 bits per heavy atom. The lowest BCUT2D eigenvalue weighted by Crippen LogP contribution is -2.11. The Morgan fingerprint density at radius 3 is 2.67 bits per heavy atom. The number of pyridine rings is 1. The van der Waals surface area contributed by atoms with E-state index in [1.165, 1.54) is 0 Å². The second-order valence-corrected chi connectivity index (χ2v) is 2.95. The molecule has 0 amide bonds. The Bertz CT molecular complexity index is 271. The minimum atomic E-state index is 0.00745. The van der Waals surface area contributed by atoms with E-state index in [1.807, 2.05) is 32.0 Å². The van der Waals surface area contributed by atoms with Gasteiger partial charge < -0.3 is 10.0 Å². The highest BCUT2D eigenvalue weighted by atomic mass is 16.3. The maximum Gasteiger partial charge on any atom is 0.0856 e. The van der Waals surface area contributed by atoms with Gasteiger partial charge in [0.25, 0.3) is 0 Å². The van der Waals surface area contributed by atoms with E-state index < -0.39 is 0 Å². The van der Waals surface area contributed by atoms with E-state index in [9.17, 15) is 0 Å². The first-order chi connectivity index (χ1) is 5.66. The minimum Gasteiger partial charge on any atom is -0.390 e. The lowest BCUT2D eigenvalue weighted by molar-refractivity contribution is 0.276. The zero-order valence-electron chi connectivity index (χ0n) is 7.70. The van der Waals surface area contributed by atoms with Crippen molar-refractivity contribution in [3.63, 3.8) is 0 Å². The summed E-state index contributed by atoms with van der Waals surface area (Å²) in [5.41, 5.74) is 2.90. The first-order valence-corrected chi connectivity index (χ1v) is 3.89. The van der Waals surface area contributed by atoms with Crippen molar-refractivity contribution in [1.82, 2.24) is 4.98 Å². The van der Waals surface area contributed by atoms with Crippen LogP contribution in [0.2, 0.25) is 0 Å². The molecule has 0 aliphatic heterocycles. The van der Waals surface area contributed by atoms with Crippen LogP contribution in [0.4, 0.5) is 5.69 Å². The third-order valence-electron chi connectivity index (χ3n) is 1.91. The molecule has 0 aliphatic carbocycles. The Hall–Kier alpha value is -1.09. The van der Waals surface area contributed by atoms with Gasteiger partial charge in [-0.05, 0) is 18.6 Å². The van der Waals surface area contributed by atoms with Crippen LogP contribution in [0.5, 0.6) is 0 Å². The highest BCUT2D eigenvalue weighted by Crippen LogP contribution is 2.18. The van der Waals surface area contributed by atoms with Crippen molar-refractivity contribution in [3.05, 3.63) is 23.5 Å². The average molecular weight is 166 g/mol. The molecule has 0 unspecified atom stereocenters. The third kappa shape index (κ3) is 1.56. The van der Waals surface area contributed by atoms with Crippen LogP contribution >= 0.6 is 0 Å². The van der Waals surface area contributed by atoms with Gasteiger partial charge in [-0.2, -0.15) is 0 Å². The van der Waals surface area contributed by atoms with Crippen molar-refractivity contribution in [1.29, 1.82) is 0 Å². The summed E-state index contributed by atoms with van der Waals surface area (Å²) in [5.74, 6) is 0. The minimum absolute atomic E-state index is 0.00745. The van der Waals surface area contributed by atoms with Gasteiger partial charge in [0.2, 0.25) is 0 Å². The molecule has 0 fully saturated rings. The number of aliphatic hydroxyl groups excluding tert-OH is 1. The summed E-state index contributed by atoms with van der Waals surface area (Å²) < 4.78 is 0. The van der Waals surface area contributed by atoms with Gasteiger partial charge in [-0.1, -0.05) is 0 Å². The van der Waals surface area contributed by atoms with Crippen LogP contribution in [0.1, 0.15) is 11.3 Å². The zero-order valence-corrected chi connectivity index (χ0v) is 7.70. The molecule has 0 saturated carbocycles. The average Bonchev–Trinajstić information content (AvgIpc) is 2.04. The maximum absolute atomic E-state index is 8.94. The first-order valence-electron chi connectivity index (χ1n) is 3.89. The van der Waals surface area contributed by atoms with Crippen molar-refractivity contribution in [2.24, 2.45) is 0 Å². The fraction of sp³-hybridized carbons (Fsp3) is 0.444. The van der Waals surface area contributed by atoms with Crippen LogP contribution in [0.15, 0.2) is 12.3 Å². The molecule has 66 valence electrons. The van der Waals surface area contributed by atoms with Crippen molar-refractivity contribution < 1.29 is 5.11 Å². The summed E-state index contributed by atoms with van der Waals surface area (Å²) >= 11 is 0. The first kappa shape index (κ1) is 9.00. The number of hydrogen-bond acceptors (Lipinski definition) is 3. The quantitative estimate of drug-likeness (QED) is 0.710. The van der Waals surface area contributed by atoms with E-state index >= 15 is 0 Å². The van der Waals surface area contributed by atoms with E-state index in [1.54, 1.807) is 6.20 Å². The van der Waals surface area contributed by atoms with Crippen LogP contribution in [0, 0.1) is 6.92 Å². The van der Waals surface area contributed by atoms with E-state index in [4.69, 9.17) is 5.11 Å². The largest absolute Gasteiger partial charge is 0.390 e. The van der Waals surface area contributed by atoms with Crippen LogP contribution in [-0.4, -0.2) is 24.2 Å². The molecule has 3 heteroatoms. The van der Waals surface area contributed by atoms with Crippen molar-refractivity contribution in [3.8, 4) is 0 Å². The number of anilines is 1. The van der Waals surface area contributed by atoms with Crippen molar-refractivity contribution in [2.75, 3.05) is 19.0 Å². The van der Waals surface area contributed by atoms with Crippen LogP contribution in [0.25, 0.3) is 0 Å². The molecular weight excluding hydrogens is 152 g/mol. The van der Waals surface area contributed by atoms with Crippen LogP contribution in [-0.2, 0) is 6.61 Å². The maximum atomic E-state index is 8.94. The molecule has 1 N–H and O–H groups in total. The summed E-state index contributed by atoms with van der Waals surface area (Å²) in [7, 11) is 3.95. The molecule has 0 aromatic carbocycles.